The topological polar surface area (TPSA) is 21.3 Å². The van der Waals surface area contributed by atoms with E-state index in [2.05, 4.69) is 35.1 Å². The van der Waals surface area contributed by atoms with Crippen LogP contribution in [0.2, 0.25) is 0 Å². The normalized spacial score (nSPS) is 11.0. The highest BCUT2D eigenvalue weighted by Gasteiger charge is 2.01. The quantitative estimate of drug-likeness (QED) is 0.671. The Morgan fingerprint density at radius 1 is 1.21 bits per heavy atom. The molecule has 19 heavy (non-hydrogen) atoms. The molecule has 0 saturated heterocycles. The van der Waals surface area contributed by atoms with Gasteiger partial charge in [0.15, 0.2) is 0 Å². The highest BCUT2D eigenvalue weighted by atomic mass is 79.9. The van der Waals surface area contributed by atoms with Gasteiger partial charge in [-0.3, -0.25) is 0 Å². The molecule has 0 saturated carbocycles. The van der Waals surface area contributed by atoms with E-state index in [1.54, 1.807) is 12.1 Å². The zero-order chi connectivity index (χ0) is 14.1. The fourth-order valence-corrected chi connectivity index (χ4v) is 2.09. The summed E-state index contributed by atoms with van der Waals surface area (Å²) in [5.41, 5.74) is 0. The molecule has 1 aromatic carbocycles. The molecule has 0 unspecified atom stereocenters. The summed E-state index contributed by atoms with van der Waals surface area (Å²) in [5, 5.41) is 3.40. The third-order valence-corrected chi connectivity index (χ3v) is 3.39. The van der Waals surface area contributed by atoms with Crippen molar-refractivity contribution in [3.8, 4) is 5.75 Å². The predicted molar refractivity (Wildman–Crippen MR) is 81.2 cm³/mol. The molecular formula is C15H23BrFNO. The highest BCUT2D eigenvalue weighted by Crippen LogP contribution is 2.21. The Balaban J connectivity index is 2.03. The molecule has 0 aliphatic heterocycles. The number of hydrogen-bond donors (Lipinski definition) is 1. The van der Waals surface area contributed by atoms with Crippen molar-refractivity contribution in [3.63, 3.8) is 0 Å². The van der Waals surface area contributed by atoms with Crippen molar-refractivity contribution in [1.82, 2.24) is 5.32 Å². The van der Waals surface area contributed by atoms with Crippen LogP contribution in [-0.2, 0) is 0 Å². The number of benzene rings is 1. The molecule has 1 rings (SSSR count). The van der Waals surface area contributed by atoms with Gasteiger partial charge in [0.2, 0.25) is 0 Å². The third-order valence-electron chi connectivity index (χ3n) is 2.78. The maximum atomic E-state index is 13.0. The molecule has 0 aliphatic rings. The van der Waals surface area contributed by atoms with E-state index in [4.69, 9.17) is 4.74 Å². The van der Waals surface area contributed by atoms with E-state index in [0.717, 1.165) is 18.7 Å². The molecule has 4 heteroatoms. The summed E-state index contributed by atoms with van der Waals surface area (Å²) in [6.07, 6.45) is 4.63. The lowest BCUT2D eigenvalue weighted by Crippen LogP contribution is -2.23. The van der Waals surface area contributed by atoms with Gasteiger partial charge < -0.3 is 10.1 Å². The van der Waals surface area contributed by atoms with Gasteiger partial charge in [0, 0.05) is 6.04 Å². The van der Waals surface area contributed by atoms with E-state index < -0.39 is 0 Å². The average Bonchev–Trinajstić information content (AvgIpc) is 2.36. The largest absolute Gasteiger partial charge is 0.494 e. The lowest BCUT2D eigenvalue weighted by Gasteiger charge is -2.08. The van der Waals surface area contributed by atoms with Gasteiger partial charge >= 0.3 is 0 Å². The molecule has 0 aliphatic carbocycles. The average molecular weight is 332 g/mol. The molecule has 0 spiro atoms. The minimum absolute atomic E-state index is 0.259. The second-order valence-electron chi connectivity index (χ2n) is 4.95. The van der Waals surface area contributed by atoms with Crippen LogP contribution in [0.4, 0.5) is 4.39 Å². The molecule has 0 radical (unpaired) electrons. The van der Waals surface area contributed by atoms with Crippen molar-refractivity contribution in [2.24, 2.45) is 0 Å². The number of nitrogens with one attached hydrogen (secondary N) is 1. The third kappa shape index (κ3) is 7.53. The Bertz CT molecular complexity index is 371. The summed E-state index contributed by atoms with van der Waals surface area (Å²) in [6.45, 7) is 6.10. The monoisotopic (exact) mass is 331 g/mol. The molecule has 0 bridgehead atoms. The Hall–Kier alpha value is -0.610. The van der Waals surface area contributed by atoms with Gasteiger partial charge in [-0.1, -0.05) is 26.7 Å². The predicted octanol–water partition coefficient (Wildman–Crippen LogP) is 4.53. The Morgan fingerprint density at radius 2 is 1.95 bits per heavy atom. The van der Waals surface area contributed by atoms with Crippen LogP contribution < -0.4 is 10.1 Å². The fourth-order valence-electron chi connectivity index (χ4n) is 1.73. The van der Waals surface area contributed by atoms with E-state index in [0.29, 0.717) is 17.1 Å². The van der Waals surface area contributed by atoms with Crippen LogP contribution in [0.5, 0.6) is 5.75 Å². The van der Waals surface area contributed by atoms with Crippen LogP contribution in [0.1, 0.15) is 39.5 Å². The van der Waals surface area contributed by atoms with Crippen molar-refractivity contribution in [1.29, 1.82) is 0 Å². The lowest BCUT2D eigenvalue weighted by atomic mass is 10.2. The van der Waals surface area contributed by atoms with Gasteiger partial charge in [-0.05, 0) is 53.5 Å². The minimum atomic E-state index is -0.259. The number of ether oxygens (including phenoxy) is 1. The first kappa shape index (κ1) is 16.4. The van der Waals surface area contributed by atoms with Gasteiger partial charge in [-0.15, -0.1) is 0 Å². The molecule has 0 fully saturated rings. The molecule has 0 heterocycles. The number of halogens is 2. The first-order chi connectivity index (χ1) is 9.09. The molecule has 0 aromatic heterocycles. The Morgan fingerprint density at radius 3 is 2.63 bits per heavy atom. The molecule has 1 N–H and O–H groups in total. The van der Waals surface area contributed by atoms with Crippen molar-refractivity contribution in [2.75, 3.05) is 13.2 Å². The van der Waals surface area contributed by atoms with Gasteiger partial charge in [0.25, 0.3) is 0 Å². The Kier molecular flexibility index (Phi) is 8.07. The van der Waals surface area contributed by atoms with Gasteiger partial charge in [-0.25, -0.2) is 4.39 Å². The van der Waals surface area contributed by atoms with Crippen LogP contribution in [0.15, 0.2) is 22.7 Å². The number of unbranched alkanes of at least 4 members (excludes halogenated alkanes) is 3. The first-order valence-corrected chi connectivity index (χ1v) is 7.70. The van der Waals surface area contributed by atoms with Crippen LogP contribution in [0, 0.1) is 5.82 Å². The Labute approximate surface area is 123 Å². The molecule has 0 amide bonds. The van der Waals surface area contributed by atoms with Crippen LogP contribution >= 0.6 is 15.9 Å². The lowest BCUT2D eigenvalue weighted by molar-refractivity contribution is 0.303. The molecule has 0 atom stereocenters. The summed E-state index contributed by atoms with van der Waals surface area (Å²) in [5.74, 6) is 0.458. The molecule has 1 aromatic rings. The van der Waals surface area contributed by atoms with E-state index in [-0.39, 0.29) is 5.82 Å². The number of hydrogen-bond acceptors (Lipinski definition) is 2. The maximum Gasteiger partial charge on any atom is 0.137 e. The first-order valence-electron chi connectivity index (χ1n) is 6.91. The zero-order valence-corrected chi connectivity index (χ0v) is 13.3. The van der Waals surface area contributed by atoms with Crippen molar-refractivity contribution in [3.05, 3.63) is 28.5 Å². The smallest absolute Gasteiger partial charge is 0.137 e. The van der Waals surface area contributed by atoms with E-state index in [9.17, 15) is 4.39 Å². The van der Waals surface area contributed by atoms with Crippen molar-refractivity contribution in [2.45, 2.75) is 45.6 Å². The van der Waals surface area contributed by atoms with Gasteiger partial charge in [0.05, 0.1) is 11.1 Å². The molecule has 2 nitrogen and oxygen atoms in total. The van der Waals surface area contributed by atoms with Gasteiger partial charge in [0.1, 0.15) is 11.6 Å². The van der Waals surface area contributed by atoms with E-state index >= 15 is 0 Å². The van der Waals surface area contributed by atoms with Crippen LogP contribution in [-0.4, -0.2) is 19.2 Å². The van der Waals surface area contributed by atoms with Gasteiger partial charge in [-0.2, -0.15) is 0 Å². The molecular weight excluding hydrogens is 309 g/mol. The van der Waals surface area contributed by atoms with Crippen LogP contribution in [0.25, 0.3) is 0 Å². The summed E-state index contributed by atoms with van der Waals surface area (Å²) < 4.78 is 19.0. The van der Waals surface area contributed by atoms with Crippen molar-refractivity contribution >= 4 is 15.9 Å². The fraction of sp³-hybridized carbons (Fsp3) is 0.600. The van der Waals surface area contributed by atoms with Crippen LogP contribution in [0.3, 0.4) is 0 Å². The van der Waals surface area contributed by atoms with E-state index in [1.807, 2.05) is 0 Å². The summed E-state index contributed by atoms with van der Waals surface area (Å²) in [6, 6.07) is 5.31. The summed E-state index contributed by atoms with van der Waals surface area (Å²) in [4.78, 5) is 0. The zero-order valence-electron chi connectivity index (χ0n) is 11.7. The SMILES string of the molecule is CC(C)NCCCCCCOc1ccc(F)c(Br)c1. The van der Waals surface area contributed by atoms with E-state index in [1.165, 1.54) is 25.3 Å². The maximum absolute atomic E-state index is 13.0. The summed E-state index contributed by atoms with van der Waals surface area (Å²) in [7, 11) is 0. The highest BCUT2D eigenvalue weighted by molar-refractivity contribution is 9.10. The minimum Gasteiger partial charge on any atom is -0.494 e. The standard InChI is InChI=1S/C15H23BrFNO/c1-12(2)18-9-5-3-4-6-10-19-13-7-8-15(17)14(16)11-13/h7-8,11-12,18H,3-6,9-10H2,1-2H3. The van der Waals surface area contributed by atoms with Crippen molar-refractivity contribution < 1.29 is 9.13 Å². The molecule has 108 valence electrons. The number of rotatable bonds is 9. The second-order valence-corrected chi connectivity index (χ2v) is 5.80. The summed E-state index contributed by atoms with van der Waals surface area (Å²) >= 11 is 3.15. The second kappa shape index (κ2) is 9.32.